The lowest BCUT2D eigenvalue weighted by Gasteiger charge is -2.35. The molecule has 0 spiro atoms. The number of nitrogens with zero attached hydrogens (tertiary/aromatic N) is 5. The minimum absolute atomic E-state index is 0.112. The molecule has 0 N–H and O–H groups in total. The number of carbonyl (C=O) groups excluding carboxylic acids is 1. The smallest absolute Gasteiger partial charge is 0.224 e. The Hall–Kier alpha value is -2.28. The van der Waals surface area contributed by atoms with E-state index in [1.54, 1.807) is 31.1 Å². The quantitative estimate of drug-likeness (QED) is 0.792. The van der Waals surface area contributed by atoms with Gasteiger partial charge in [0, 0.05) is 50.5 Å². The average Bonchev–Trinajstić information content (AvgIpc) is 3.12. The average molecular weight is 315 g/mol. The maximum atomic E-state index is 12.5. The molecular weight excluding hydrogens is 294 g/mol. The number of amides is 1. The molecule has 0 aromatic carbocycles. The summed E-state index contributed by atoms with van der Waals surface area (Å²) < 4.78 is 7.48. The van der Waals surface area contributed by atoms with E-state index in [0.29, 0.717) is 32.7 Å². The summed E-state index contributed by atoms with van der Waals surface area (Å²) in [5, 5.41) is 0. The highest BCUT2D eigenvalue weighted by atomic mass is 16.5. The lowest BCUT2D eigenvalue weighted by Crippen LogP contribution is -2.49. The first-order chi connectivity index (χ1) is 11.3. The van der Waals surface area contributed by atoms with Crippen molar-refractivity contribution in [1.82, 2.24) is 24.4 Å². The fraction of sp³-hybridized carbons (Fsp3) is 0.500. The van der Waals surface area contributed by atoms with Crippen LogP contribution in [0, 0.1) is 0 Å². The lowest BCUT2D eigenvalue weighted by molar-refractivity contribution is -0.140. The molecular formula is C16H21N5O2. The van der Waals surface area contributed by atoms with Gasteiger partial charge in [-0.1, -0.05) is 0 Å². The van der Waals surface area contributed by atoms with Gasteiger partial charge < -0.3 is 14.2 Å². The van der Waals surface area contributed by atoms with Crippen LogP contribution >= 0.6 is 0 Å². The van der Waals surface area contributed by atoms with E-state index >= 15 is 0 Å². The number of aryl methyl sites for hydroxylation is 2. The highest BCUT2D eigenvalue weighted by Crippen LogP contribution is 2.14. The molecule has 1 fully saturated rings. The van der Waals surface area contributed by atoms with Gasteiger partial charge in [0.15, 0.2) is 0 Å². The van der Waals surface area contributed by atoms with Gasteiger partial charge in [-0.2, -0.15) is 0 Å². The molecule has 0 saturated carbocycles. The number of rotatable bonds is 6. The molecule has 0 aliphatic carbocycles. The Morgan fingerprint density at radius 1 is 1.30 bits per heavy atom. The Morgan fingerprint density at radius 3 is 3.04 bits per heavy atom. The summed E-state index contributed by atoms with van der Waals surface area (Å²) in [6.07, 6.45) is 12.6. The summed E-state index contributed by atoms with van der Waals surface area (Å²) in [4.78, 5) is 26.8. The molecule has 1 aliphatic heterocycles. The van der Waals surface area contributed by atoms with Gasteiger partial charge in [-0.3, -0.25) is 14.8 Å². The van der Waals surface area contributed by atoms with Crippen LogP contribution in [0.1, 0.15) is 18.5 Å². The van der Waals surface area contributed by atoms with Crippen LogP contribution in [0.2, 0.25) is 0 Å². The van der Waals surface area contributed by atoms with Gasteiger partial charge in [-0.05, 0) is 12.8 Å². The van der Waals surface area contributed by atoms with Crippen LogP contribution in [0.4, 0.5) is 0 Å². The van der Waals surface area contributed by atoms with Gasteiger partial charge in [0.05, 0.1) is 31.3 Å². The normalized spacial score (nSPS) is 18.1. The predicted octanol–water partition coefficient (Wildman–Crippen LogP) is 0.923. The lowest BCUT2D eigenvalue weighted by atomic mass is 10.1. The molecule has 0 radical (unpaired) electrons. The fourth-order valence-electron chi connectivity index (χ4n) is 2.78. The van der Waals surface area contributed by atoms with E-state index in [0.717, 1.165) is 18.5 Å². The SMILES string of the molecule is O=C(CCn1ccnc1)N1CCOC[C@H]1CCc1cnccn1. The fourth-order valence-corrected chi connectivity index (χ4v) is 2.78. The van der Waals surface area contributed by atoms with Gasteiger partial charge in [0.2, 0.25) is 5.91 Å². The molecule has 1 saturated heterocycles. The largest absolute Gasteiger partial charge is 0.377 e. The highest BCUT2D eigenvalue weighted by Gasteiger charge is 2.26. The Morgan fingerprint density at radius 2 is 2.26 bits per heavy atom. The highest BCUT2D eigenvalue weighted by molar-refractivity contribution is 5.76. The van der Waals surface area contributed by atoms with Gasteiger partial charge in [-0.15, -0.1) is 0 Å². The van der Waals surface area contributed by atoms with Crippen LogP contribution < -0.4 is 0 Å². The molecule has 7 heteroatoms. The van der Waals surface area contributed by atoms with Crippen molar-refractivity contribution in [1.29, 1.82) is 0 Å². The third kappa shape index (κ3) is 4.35. The zero-order chi connectivity index (χ0) is 15.9. The van der Waals surface area contributed by atoms with E-state index in [-0.39, 0.29) is 11.9 Å². The summed E-state index contributed by atoms with van der Waals surface area (Å²) >= 11 is 0. The minimum Gasteiger partial charge on any atom is -0.377 e. The van der Waals surface area contributed by atoms with Crippen LogP contribution in [0.25, 0.3) is 0 Å². The Balaban J connectivity index is 1.53. The third-order valence-corrected chi connectivity index (χ3v) is 4.04. The van der Waals surface area contributed by atoms with Gasteiger partial charge in [0.1, 0.15) is 0 Å². The Kier molecular flexibility index (Phi) is 5.31. The van der Waals surface area contributed by atoms with Crippen LogP contribution in [0.5, 0.6) is 0 Å². The van der Waals surface area contributed by atoms with Crippen LogP contribution in [-0.2, 0) is 22.5 Å². The second-order valence-electron chi connectivity index (χ2n) is 5.60. The second-order valence-corrected chi connectivity index (χ2v) is 5.60. The maximum absolute atomic E-state index is 12.5. The van der Waals surface area contributed by atoms with Crippen molar-refractivity contribution in [3.8, 4) is 0 Å². The summed E-state index contributed by atoms with van der Waals surface area (Å²) in [5.41, 5.74) is 0.948. The van der Waals surface area contributed by atoms with Gasteiger partial charge in [0.25, 0.3) is 0 Å². The van der Waals surface area contributed by atoms with E-state index in [1.165, 1.54) is 0 Å². The zero-order valence-electron chi connectivity index (χ0n) is 13.0. The molecule has 7 nitrogen and oxygen atoms in total. The topological polar surface area (TPSA) is 73.1 Å². The molecule has 122 valence electrons. The molecule has 23 heavy (non-hydrogen) atoms. The Bertz CT molecular complexity index is 602. The summed E-state index contributed by atoms with van der Waals surface area (Å²) in [6, 6.07) is 0.112. The maximum Gasteiger partial charge on any atom is 0.224 e. The number of carbonyl (C=O) groups is 1. The van der Waals surface area contributed by atoms with Crippen molar-refractivity contribution < 1.29 is 9.53 Å². The van der Waals surface area contributed by atoms with Crippen LogP contribution in [0.15, 0.2) is 37.3 Å². The molecule has 2 aromatic heterocycles. The van der Waals surface area contributed by atoms with E-state index < -0.39 is 0 Å². The van der Waals surface area contributed by atoms with Crippen LogP contribution in [0.3, 0.4) is 0 Å². The second kappa shape index (κ2) is 7.82. The third-order valence-electron chi connectivity index (χ3n) is 4.04. The van der Waals surface area contributed by atoms with Crippen molar-refractivity contribution in [2.24, 2.45) is 0 Å². The number of aromatic nitrogens is 4. The van der Waals surface area contributed by atoms with E-state index in [2.05, 4.69) is 15.0 Å². The van der Waals surface area contributed by atoms with Crippen molar-refractivity contribution in [2.45, 2.75) is 31.8 Å². The minimum atomic E-state index is 0.112. The van der Waals surface area contributed by atoms with E-state index in [1.807, 2.05) is 15.7 Å². The number of hydrogen-bond acceptors (Lipinski definition) is 5. The first kappa shape index (κ1) is 15.6. The molecule has 1 amide bonds. The van der Waals surface area contributed by atoms with Crippen molar-refractivity contribution >= 4 is 5.91 Å². The van der Waals surface area contributed by atoms with E-state index in [4.69, 9.17) is 4.74 Å². The van der Waals surface area contributed by atoms with Crippen LogP contribution in [-0.4, -0.2) is 56.1 Å². The number of ether oxygens (including phenoxy) is 1. The van der Waals surface area contributed by atoms with Crippen molar-refractivity contribution in [3.05, 3.63) is 43.0 Å². The number of morpholine rings is 1. The Labute approximate surface area is 135 Å². The first-order valence-electron chi connectivity index (χ1n) is 7.91. The van der Waals surface area contributed by atoms with Gasteiger partial charge in [-0.25, -0.2) is 4.98 Å². The van der Waals surface area contributed by atoms with Gasteiger partial charge >= 0.3 is 0 Å². The molecule has 0 bridgehead atoms. The predicted molar refractivity (Wildman–Crippen MR) is 83.5 cm³/mol. The monoisotopic (exact) mass is 315 g/mol. The molecule has 3 rings (SSSR count). The summed E-state index contributed by atoms with van der Waals surface area (Å²) in [6.45, 7) is 2.52. The first-order valence-corrected chi connectivity index (χ1v) is 7.91. The molecule has 3 heterocycles. The molecule has 1 aliphatic rings. The van der Waals surface area contributed by atoms with Crippen molar-refractivity contribution in [3.63, 3.8) is 0 Å². The number of hydrogen-bond donors (Lipinski definition) is 0. The molecule has 2 aromatic rings. The summed E-state index contributed by atoms with van der Waals surface area (Å²) in [5.74, 6) is 0.172. The van der Waals surface area contributed by atoms with Crippen molar-refractivity contribution in [2.75, 3.05) is 19.8 Å². The molecule has 0 unspecified atom stereocenters. The zero-order valence-corrected chi connectivity index (χ0v) is 13.0. The summed E-state index contributed by atoms with van der Waals surface area (Å²) in [7, 11) is 0. The standard InChI is InChI=1S/C16H21N5O2/c22-16(3-7-20-8-6-18-13-20)21-9-10-23-12-15(21)2-1-14-11-17-4-5-19-14/h4-6,8,11,13,15H,1-3,7,9-10,12H2/t15-/m1/s1. The number of imidazole rings is 1. The van der Waals surface area contributed by atoms with E-state index in [9.17, 15) is 4.79 Å². The molecule has 1 atom stereocenters.